The molecule has 312 valence electrons. The number of carboxylic acid groups (broad SMARTS) is 2. The predicted molar refractivity (Wildman–Crippen MR) is 228 cm³/mol. The molecule has 0 spiro atoms. The van der Waals surface area contributed by atoms with Gasteiger partial charge in [-0.2, -0.15) is 10.2 Å². The number of amides is 3. The fourth-order valence-electron chi connectivity index (χ4n) is 6.59. The lowest BCUT2D eigenvalue weighted by molar-refractivity contribution is -0.151. The van der Waals surface area contributed by atoms with E-state index in [4.69, 9.17) is 4.74 Å². The van der Waals surface area contributed by atoms with Crippen molar-refractivity contribution < 1.29 is 43.5 Å². The molecule has 1 aromatic heterocycles. The van der Waals surface area contributed by atoms with Gasteiger partial charge < -0.3 is 35.0 Å². The Morgan fingerprint density at radius 2 is 1.72 bits per heavy atom. The van der Waals surface area contributed by atoms with E-state index < -0.39 is 52.4 Å². The first-order chi connectivity index (χ1) is 28.9. The van der Waals surface area contributed by atoms with E-state index in [9.17, 15) is 38.7 Å². The van der Waals surface area contributed by atoms with Crippen molar-refractivity contribution in [3.8, 4) is 5.75 Å². The molecule has 3 aliphatic rings. The highest BCUT2D eigenvalue weighted by molar-refractivity contribution is 8.15. The second kappa shape index (κ2) is 18.6. The number of thioether (sulfide) groups is 1. The zero-order valence-electron chi connectivity index (χ0n) is 32.4. The Kier molecular flexibility index (Phi) is 13.1. The van der Waals surface area contributed by atoms with Crippen molar-refractivity contribution in [3.05, 3.63) is 88.6 Å². The summed E-state index contributed by atoms with van der Waals surface area (Å²) >= 11 is 0.922. The highest BCUT2D eigenvalue weighted by Gasteiger charge is 2.61. The molecule has 0 radical (unpaired) electrons. The van der Waals surface area contributed by atoms with E-state index in [1.54, 1.807) is 42.5 Å². The van der Waals surface area contributed by atoms with E-state index in [-0.39, 0.29) is 36.0 Å². The van der Waals surface area contributed by atoms with Crippen molar-refractivity contribution in [2.24, 2.45) is 15.2 Å². The Labute approximate surface area is 355 Å². The minimum absolute atomic E-state index is 0.0923. The van der Waals surface area contributed by atoms with Gasteiger partial charge in [0.1, 0.15) is 33.9 Å². The second-order valence-corrected chi connectivity index (χ2v) is 17.8. The Bertz CT molecular complexity index is 2400. The van der Waals surface area contributed by atoms with Crippen LogP contribution in [-0.2, 0) is 30.4 Å². The van der Waals surface area contributed by atoms with E-state index in [0.717, 1.165) is 15.3 Å². The van der Waals surface area contributed by atoms with Gasteiger partial charge in [-0.15, -0.1) is 23.1 Å². The second-order valence-electron chi connectivity index (χ2n) is 14.2. The molecule has 1 saturated heterocycles. The SMILES string of the molecule is CN(C)c1ccc(/N=N/c2ccc(C(=O)NCCCCCC(=O)NC3C(=O)N4C(C(=O)O)=C(COc5ccc6nc(C7=N[C@@H](C(=O)O)CS7)sc6c5)C[S+]([O-])C34)cc2)cc1. The molecule has 3 aliphatic heterocycles. The summed E-state index contributed by atoms with van der Waals surface area (Å²) < 4.78 is 20.0. The molecule has 1 fully saturated rings. The van der Waals surface area contributed by atoms with Crippen LogP contribution in [0.3, 0.4) is 0 Å². The normalized spacial score (nSPS) is 19.8. The fraction of sp³-hybridized carbons (Fsp3) is 0.325. The fourth-order valence-corrected chi connectivity index (χ4v) is 10.3. The zero-order valence-corrected chi connectivity index (χ0v) is 34.8. The number of carboxylic acids is 2. The van der Waals surface area contributed by atoms with Crippen LogP contribution < -0.4 is 20.3 Å². The maximum Gasteiger partial charge on any atom is 0.353 e. The monoisotopic (exact) mass is 872 g/mol. The van der Waals surface area contributed by atoms with E-state index in [1.165, 1.54) is 23.1 Å². The largest absolute Gasteiger partial charge is 0.614 e. The number of benzene rings is 3. The number of hydrogen-bond donors (Lipinski definition) is 4. The van der Waals surface area contributed by atoms with Crippen LogP contribution in [0, 0.1) is 0 Å². The van der Waals surface area contributed by atoms with Crippen LogP contribution in [0.1, 0.15) is 41.0 Å². The van der Waals surface area contributed by atoms with Gasteiger partial charge in [0.25, 0.3) is 11.8 Å². The first kappa shape index (κ1) is 42.3. The van der Waals surface area contributed by atoms with Crippen LogP contribution >= 0.6 is 23.1 Å². The van der Waals surface area contributed by atoms with Gasteiger partial charge in [0, 0.05) is 49.6 Å². The van der Waals surface area contributed by atoms with Crippen molar-refractivity contribution in [2.45, 2.75) is 43.1 Å². The first-order valence-corrected chi connectivity index (χ1v) is 22.0. The van der Waals surface area contributed by atoms with E-state index in [2.05, 4.69) is 30.8 Å². The number of carbonyl (C=O) groups is 5. The summed E-state index contributed by atoms with van der Waals surface area (Å²) in [5.41, 5.74) is 3.36. The van der Waals surface area contributed by atoms with Gasteiger partial charge in [-0.3, -0.25) is 24.3 Å². The number of aliphatic carboxylic acids is 2. The molecular weight excluding hydrogens is 833 g/mol. The third-order valence-corrected chi connectivity index (χ3v) is 13.6. The average Bonchev–Trinajstić information content (AvgIpc) is 3.91. The molecule has 0 aliphatic carbocycles. The maximum atomic E-state index is 13.3. The highest BCUT2D eigenvalue weighted by Crippen LogP contribution is 2.38. The molecule has 3 aromatic carbocycles. The number of ether oxygens (including phenoxy) is 1. The molecule has 4 atom stereocenters. The number of unbranched alkanes of at least 4 members (excludes halogenated alkanes) is 2. The molecule has 4 aromatic rings. The maximum absolute atomic E-state index is 13.3. The standard InChI is InChI=1S/C40H40N8O9S3/c1-47(2)26-13-11-25(12-14-26)46-45-24-9-7-22(8-10-24)34(50)41-17-5-3-4-6-31(49)44-32-37(51)48-33(40(54)55)23(21-60(56)38(32)48)19-57-27-15-16-28-30(18-27)59-36(42-28)35-43-29(20-58-35)39(52)53/h7-16,18,29,32,38H,3-6,17,19-21H2,1-2H3,(H,41,50)(H,44,49)(H,52,53)(H,54,55)/b46-45+/t29-,32?,38?,60?/m1/s1. The molecule has 17 nitrogen and oxygen atoms in total. The number of β-lactam (4-membered cyclic amide) rings is 1. The average molecular weight is 873 g/mol. The Morgan fingerprint density at radius 1 is 1.00 bits per heavy atom. The summed E-state index contributed by atoms with van der Waals surface area (Å²) in [4.78, 5) is 74.0. The Morgan fingerprint density at radius 3 is 2.38 bits per heavy atom. The molecule has 7 rings (SSSR count). The number of carbonyl (C=O) groups excluding carboxylic acids is 3. The Hall–Kier alpha value is -5.83. The van der Waals surface area contributed by atoms with Crippen molar-refractivity contribution in [2.75, 3.05) is 43.7 Å². The quantitative estimate of drug-likeness (QED) is 0.0482. The van der Waals surface area contributed by atoms with Crippen LogP contribution in [0.15, 0.2) is 93.2 Å². The molecule has 60 heavy (non-hydrogen) atoms. The summed E-state index contributed by atoms with van der Waals surface area (Å²) in [5.74, 6) is -3.14. The van der Waals surface area contributed by atoms with Crippen molar-refractivity contribution in [3.63, 3.8) is 0 Å². The lowest BCUT2D eigenvalue weighted by Gasteiger charge is -2.49. The Balaban J connectivity index is 0.840. The number of aliphatic imine (C=N–C) groups is 1. The molecule has 3 unspecified atom stereocenters. The molecule has 3 amide bonds. The lowest BCUT2D eigenvalue weighted by atomic mass is 10.0. The third kappa shape index (κ3) is 9.62. The van der Waals surface area contributed by atoms with Crippen LogP contribution in [0.4, 0.5) is 17.1 Å². The van der Waals surface area contributed by atoms with Gasteiger partial charge in [-0.25, -0.2) is 14.6 Å². The van der Waals surface area contributed by atoms with Gasteiger partial charge in [-0.1, -0.05) is 6.42 Å². The minimum atomic E-state index is -1.72. The number of thiazole rings is 1. The van der Waals surface area contributed by atoms with Crippen molar-refractivity contribution in [1.82, 2.24) is 20.5 Å². The summed E-state index contributed by atoms with van der Waals surface area (Å²) in [6.45, 7) is 0.152. The van der Waals surface area contributed by atoms with Gasteiger partial charge >= 0.3 is 11.9 Å². The van der Waals surface area contributed by atoms with Crippen molar-refractivity contribution >= 4 is 96.3 Å². The van der Waals surface area contributed by atoms with Crippen LogP contribution in [0.25, 0.3) is 10.2 Å². The highest BCUT2D eigenvalue weighted by atomic mass is 32.2. The molecule has 20 heteroatoms. The van der Waals surface area contributed by atoms with Gasteiger partial charge in [0.05, 0.1) is 21.6 Å². The number of rotatable bonds is 17. The first-order valence-electron chi connectivity index (χ1n) is 18.9. The van der Waals surface area contributed by atoms with Crippen LogP contribution in [-0.4, -0.2) is 116 Å². The molecule has 0 saturated carbocycles. The van der Waals surface area contributed by atoms with Gasteiger partial charge in [0.2, 0.25) is 11.3 Å². The smallest absolute Gasteiger partial charge is 0.353 e. The van der Waals surface area contributed by atoms with Crippen LogP contribution in [0.2, 0.25) is 0 Å². The summed E-state index contributed by atoms with van der Waals surface area (Å²) in [5, 5.41) is 33.4. The molecule has 0 bridgehead atoms. The number of aromatic nitrogens is 1. The summed E-state index contributed by atoms with van der Waals surface area (Å²) in [6.07, 6.45) is 1.81. The van der Waals surface area contributed by atoms with Crippen molar-refractivity contribution in [1.29, 1.82) is 0 Å². The lowest BCUT2D eigenvalue weighted by Crippen LogP contribution is -2.74. The molecular formula is C40H40N8O9S3. The zero-order chi connectivity index (χ0) is 42.5. The topological polar surface area (TPSA) is 239 Å². The van der Waals surface area contributed by atoms with E-state index >= 15 is 0 Å². The number of fused-ring (bicyclic) bond motifs is 2. The summed E-state index contributed by atoms with van der Waals surface area (Å²) in [7, 11) is 3.92. The minimum Gasteiger partial charge on any atom is -0.614 e. The van der Waals surface area contributed by atoms with E-state index in [1.807, 2.05) is 43.3 Å². The van der Waals surface area contributed by atoms with E-state index in [0.29, 0.717) is 69.8 Å². The van der Waals surface area contributed by atoms with Gasteiger partial charge in [-0.05, 0) is 90.7 Å². The number of azo groups is 1. The molecule has 4 N–H and O–H groups in total. The number of anilines is 1. The summed E-state index contributed by atoms with van der Waals surface area (Å²) in [6, 6.07) is 17.6. The van der Waals surface area contributed by atoms with Gasteiger partial charge in [0.15, 0.2) is 12.1 Å². The number of hydrogen-bond acceptors (Lipinski definition) is 14. The number of nitrogens with zero attached hydrogens (tertiary/aromatic N) is 6. The third-order valence-electron chi connectivity index (χ3n) is 9.76. The van der Waals surface area contributed by atoms with Crippen LogP contribution in [0.5, 0.6) is 5.75 Å². The number of nitrogens with one attached hydrogen (secondary N) is 2. The molecule has 4 heterocycles. The predicted octanol–water partition coefficient (Wildman–Crippen LogP) is 4.85.